The largest absolute Gasteiger partial charge is 0.389 e. The lowest BCUT2D eigenvalue weighted by molar-refractivity contribution is 0.0683. The molecule has 110 valence electrons. The number of likely N-dealkylation sites (N-methyl/N-ethyl adjacent to an activating group) is 2. The third-order valence-corrected chi connectivity index (χ3v) is 4.93. The van der Waals surface area contributed by atoms with Crippen LogP contribution in [0.1, 0.15) is 24.8 Å². The zero-order valence-electron chi connectivity index (χ0n) is 12.3. The highest BCUT2D eigenvalue weighted by Gasteiger charge is 2.40. The number of anilines is 1. The molecule has 0 heterocycles. The summed E-state index contributed by atoms with van der Waals surface area (Å²) < 4.78 is 0. The topological polar surface area (TPSA) is 32.5 Å². The van der Waals surface area contributed by atoms with Gasteiger partial charge < -0.3 is 15.5 Å². The summed E-state index contributed by atoms with van der Waals surface area (Å²) in [5.41, 5.74) is 7.88. The molecule has 1 fully saturated rings. The fourth-order valence-electron chi connectivity index (χ4n) is 2.93. The highest BCUT2D eigenvalue weighted by Crippen LogP contribution is 2.38. The van der Waals surface area contributed by atoms with Crippen LogP contribution in [0.4, 0.5) is 5.69 Å². The summed E-state index contributed by atoms with van der Waals surface area (Å²) in [7, 11) is 6.38. The summed E-state index contributed by atoms with van der Waals surface area (Å²) in [6, 6.07) is 5.81. The Morgan fingerprint density at radius 2 is 2.00 bits per heavy atom. The van der Waals surface area contributed by atoms with Gasteiger partial charge in [0.05, 0.1) is 10.6 Å². The van der Waals surface area contributed by atoms with Crippen LogP contribution in [0.2, 0.25) is 5.02 Å². The van der Waals surface area contributed by atoms with Crippen LogP contribution in [0, 0.1) is 0 Å². The molecule has 20 heavy (non-hydrogen) atoms. The van der Waals surface area contributed by atoms with Crippen LogP contribution in [0.3, 0.4) is 0 Å². The summed E-state index contributed by atoms with van der Waals surface area (Å²) in [4.78, 5) is 4.90. The number of nitrogens with two attached hydrogens (primary N) is 1. The lowest BCUT2D eigenvalue weighted by Gasteiger charge is -2.49. The van der Waals surface area contributed by atoms with E-state index in [9.17, 15) is 0 Å². The SMILES string of the molecule is CN(CC1(N(C)C)CCC1)c1cccc(Cl)c1C(N)=S. The van der Waals surface area contributed by atoms with E-state index in [0.717, 1.165) is 17.8 Å². The number of hydrogen-bond acceptors (Lipinski definition) is 3. The molecule has 0 atom stereocenters. The van der Waals surface area contributed by atoms with Crippen LogP contribution in [0.25, 0.3) is 0 Å². The number of thiocarbonyl (C=S) groups is 1. The highest BCUT2D eigenvalue weighted by molar-refractivity contribution is 7.80. The zero-order valence-corrected chi connectivity index (χ0v) is 13.9. The van der Waals surface area contributed by atoms with Crippen molar-refractivity contribution in [2.45, 2.75) is 24.8 Å². The first kappa shape index (κ1) is 15.5. The number of benzene rings is 1. The molecule has 2 rings (SSSR count). The van der Waals surface area contributed by atoms with E-state index >= 15 is 0 Å². The number of rotatable bonds is 5. The predicted molar refractivity (Wildman–Crippen MR) is 90.9 cm³/mol. The molecule has 0 spiro atoms. The van der Waals surface area contributed by atoms with Gasteiger partial charge in [0.2, 0.25) is 0 Å². The molecule has 1 aliphatic rings. The lowest BCUT2D eigenvalue weighted by atomic mass is 9.75. The van der Waals surface area contributed by atoms with Crippen molar-refractivity contribution in [3.05, 3.63) is 28.8 Å². The van der Waals surface area contributed by atoms with Crippen LogP contribution < -0.4 is 10.6 Å². The average molecular weight is 312 g/mol. The minimum absolute atomic E-state index is 0.255. The minimum Gasteiger partial charge on any atom is -0.389 e. The second-order valence-electron chi connectivity index (χ2n) is 5.83. The van der Waals surface area contributed by atoms with E-state index in [1.165, 1.54) is 19.3 Å². The fraction of sp³-hybridized carbons (Fsp3) is 0.533. The molecule has 0 aromatic heterocycles. The third kappa shape index (κ3) is 2.78. The van der Waals surface area contributed by atoms with Crippen LogP contribution in [0.5, 0.6) is 0 Å². The Morgan fingerprint density at radius 1 is 1.35 bits per heavy atom. The van der Waals surface area contributed by atoms with E-state index in [4.69, 9.17) is 29.6 Å². The molecule has 5 heteroatoms. The van der Waals surface area contributed by atoms with Crippen molar-refractivity contribution >= 4 is 34.5 Å². The quantitative estimate of drug-likeness (QED) is 0.848. The second-order valence-corrected chi connectivity index (χ2v) is 6.67. The second kappa shape index (κ2) is 5.88. The van der Waals surface area contributed by atoms with Gasteiger partial charge in [-0.25, -0.2) is 0 Å². The van der Waals surface area contributed by atoms with Crippen molar-refractivity contribution < 1.29 is 0 Å². The molecule has 0 unspecified atom stereocenters. The number of halogens is 1. The monoisotopic (exact) mass is 311 g/mol. The van der Waals surface area contributed by atoms with Crippen LogP contribution in [0.15, 0.2) is 18.2 Å². The Labute approximate surface area is 131 Å². The van der Waals surface area contributed by atoms with E-state index in [0.29, 0.717) is 10.0 Å². The first-order valence-corrected chi connectivity index (χ1v) is 7.63. The molecule has 0 radical (unpaired) electrons. The molecular formula is C15H22ClN3S. The zero-order chi connectivity index (χ0) is 14.9. The summed E-state index contributed by atoms with van der Waals surface area (Å²) in [5, 5.41) is 0.620. The van der Waals surface area contributed by atoms with Gasteiger partial charge in [0, 0.05) is 24.8 Å². The van der Waals surface area contributed by atoms with Crippen LogP contribution >= 0.6 is 23.8 Å². The average Bonchev–Trinajstić information content (AvgIpc) is 2.32. The minimum atomic E-state index is 0.255. The van der Waals surface area contributed by atoms with Crippen molar-refractivity contribution in [2.75, 3.05) is 32.6 Å². The molecule has 1 aliphatic carbocycles. The molecule has 0 aliphatic heterocycles. The molecule has 3 nitrogen and oxygen atoms in total. The Balaban J connectivity index is 2.28. The third-order valence-electron chi connectivity index (χ3n) is 4.41. The van der Waals surface area contributed by atoms with Crippen molar-refractivity contribution in [2.24, 2.45) is 5.73 Å². The summed E-state index contributed by atoms with van der Waals surface area (Å²) >= 11 is 11.4. The lowest BCUT2D eigenvalue weighted by Crippen LogP contribution is -2.56. The van der Waals surface area contributed by atoms with E-state index in [2.05, 4.69) is 30.9 Å². The first-order valence-electron chi connectivity index (χ1n) is 6.84. The van der Waals surface area contributed by atoms with E-state index < -0.39 is 0 Å². The van der Waals surface area contributed by atoms with Crippen molar-refractivity contribution in [1.82, 2.24) is 4.90 Å². The predicted octanol–water partition coefficient (Wildman–Crippen LogP) is 2.89. The van der Waals surface area contributed by atoms with Crippen LogP contribution in [-0.4, -0.2) is 43.1 Å². The van der Waals surface area contributed by atoms with Gasteiger partial charge in [-0.3, -0.25) is 0 Å². The molecule has 2 N–H and O–H groups in total. The van der Waals surface area contributed by atoms with E-state index in [1.54, 1.807) is 0 Å². The van der Waals surface area contributed by atoms with Gasteiger partial charge in [-0.2, -0.15) is 0 Å². The normalized spacial score (nSPS) is 16.9. The Kier molecular flexibility index (Phi) is 4.57. The molecular weight excluding hydrogens is 290 g/mol. The maximum Gasteiger partial charge on any atom is 0.107 e. The fourth-order valence-corrected chi connectivity index (χ4v) is 3.47. The highest BCUT2D eigenvalue weighted by atomic mass is 35.5. The standard InChI is InChI=1S/C15H22ClN3S/c1-18(2)15(8-5-9-15)10-19(3)12-7-4-6-11(16)13(12)14(17)20/h4,6-7H,5,8-10H2,1-3H3,(H2,17,20). The van der Waals surface area contributed by atoms with Crippen molar-refractivity contribution in [1.29, 1.82) is 0 Å². The molecule has 1 aromatic carbocycles. The molecule has 1 saturated carbocycles. The van der Waals surface area contributed by atoms with Gasteiger partial charge in [-0.15, -0.1) is 0 Å². The van der Waals surface area contributed by atoms with E-state index in [-0.39, 0.29) is 5.54 Å². The van der Waals surface area contributed by atoms with Gasteiger partial charge in [0.25, 0.3) is 0 Å². The smallest absolute Gasteiger partial charge is 0.107 e. The van der Waals surface area contributed by atoms with Gasteiger partial charge in [0.15, 0.2) is 0 Å². The van der Waals surface area contributed by atoms with Gasteiger partial charge in [0.1, 0.15) is 4.99 Å². The maximum atomic E-state index is 6.25. The van der Waals surface area contributed by atoms with Gasteiger partial charge in [-0.1, -0.05) is 29.9 Å². The molecule has 0 bridgehead atoms. The molecule has 1 aromatic rings. The van der Waals surface area contributed by atoms with Crippen molar-refractivity contribution in [3.63, 3.8) is 0 Å². The first-order chi connectivity index (χ1) is 9.37. The molecule has 0 amide bonds. The van der Waals surface area contributed by atoms with Gasteiger partial charge >= 0.3 is 0 Å². The Hall–Kier alpha value is -0.840. The molecule has 0 saturated heterocycles. The Morgan fingerprint density at radius 3 is 2.45 bits per heavy atom. The maximum absolute atomic E-state index is 6.25. The summed E-state index contributed by atoms with van der Waals surface area (Å²) in [5.74, 6) is 0. The number of hydrogen-bond donors (Lipinski definition) is 1. The van der Waals surface area contributed by atoms with Gasteiger partial charge in [-0.05, 0) is 45.5 Å². The Bertz CT molecular complexity index is 512. The van der Waals surface area contributed by atoms with E-state index in [1.807, 2.05) is 18.2 Å². The summed E-state index contributed by atoms with van der Waals surface area (Å²) in [6.07, 6.45) is 3.75. The summed E-state index contributed by atoms with van der Waals surface area (Å²) in [6.45, 7) is 0.954. The van der Waals surface area contributed by atoms with Crippen molar-refractivity contribution in [3.8, 4) is 0 Å². The number of nitrogens with zero attached hydrogens (tertiary/aromatic N) is 2. The van der Waals surface area contributed by atoms with Crippen LogP contribution in [-0.2, 0) is 0 Å².